The zero-order valence-corrected chi connectivity index (χ0v) is 9.45. The molecule has 1 aromatic heterocycles. The number of benzene rings is 1. The Bertz CT molecular complexity index is 554. The summed E-state index contributed by atoms with van der Waals surface area (Å²) in [6.45, 7) is 1.67. The molecule has 0 amide bonds. The van der Waals surface area contributed by atoms with Crippen molar-refractivity contribution in [1.82, 2.24) is 9.97 Å². The quantitative estimate of drug-likeness (QED) is 0.861. The molecule has 15 heavy (non-hydrogen) atoms. The fourth-order valence-electron chi connectivity index (χ4n) is 1.38. The molecule has 0 saturated heterocycles. The number of carbonyl (C=O) groups is 1. The van der Waals surface area contributed by atoms with Crippen molar-refractivity contribution < 1.29 is 9.90 Å². The lowest BCUT2D eigenvalue weighted by atomic mass is 10.2. The highest BCUT2D eigenvalue weighted by molar-refractivity contribution is 9.10. The summed E-state index contributed by atoms with van der Waals surface area (Å²) in [7, 11) is 0. The van der Waals surface area contributed by atoms with Crippen molar-refractivity contribution in [3.05, 3.63) is 34.2 Å². The third-order valence-electron chi connectivity index (χ3n) is 1.97. The predicted octanol–water partition coefficient (Wildman–Crippen LogP) is 2.40. The van der Waals surface area contributed by atoms with Crippen LogP contribution in [0.3, 0.4) is 0 Å². The van der Waals surface area contributed by atoms with Crippen LogP contribution in [0.5, 0.6) is 0 Å². The molecule has 1 heterocycles. The van der Waals surface area contributed by atoms with Crippen LogP contribution in [0.4, 0.5) is 0 Å². The number of aromatic nitrogens is 2. The summed E-state index contributed by atoms with van der Waals surface area (Å²) in [6, 6.07) is 5.29. The van der Waals surface area contributed by atoms with E-state index in [1.54, 1.807) is 19.1 Å². The maximum atomic E-state index is 11.0. The van der Waals surface area contributed by atoms with E-state index in [0.717, 1.165) is 4.47 Å². The number of aromatic carboxylic acids is 1. The lowest BCUT2D eigenvalue weighted by Gasteiger charge is -2.03. The van der Waals surface area contributed by atoms with E-state index < -0.39 is 5.97 Å². The number of carboxylic acid groups (broad SMARTS) is 1. The topological polar surface area (TPSA) is 63.1 Å². The van der Waals surface area contributed by atoms with Gasteiger partial charge in [0.15, 0.2) is 5.69 Å². The molecule has 0 radical (unpaired) electrons. The largest absolute Gasteiger partial charge is 0.476 e. The van der Waals surface area contributed by atoms with Gasteiger partial charge in [-0.05, 0) is 25.1 Å². The number of hydrogen-bond acceptors (Lipinski definition) is 3. The van der Waals surface area contributed by atoms with Crippen molar-refractivity contribution in [1.29, 1.82) is 0 Å². The molecule has 2 aromatic rings. The maximum absolute atomic E-state index is 11.0. The van der Waals surface area contributed by atoms with Gasteiger partial charge < -0.3 is 5.11 Å². The van der Waals surface area contributed by atoms with Crippen LogP contribution in [0.15, 0.2) is 22.7 Å². The summed E-state index contributed by atoms with van der Waals surface area (Å²) in [6.07, 6.45) is 0. The van der Waals surface area contributed by atoms with E-state index in [1.165, 1.54) is 0 Å². The Morgan fingerprint density at radius 2 is 2.13 bits per heavy atom. The van der Waals surface area contributed by atoms with Gasteiger partial charge in [-0.1, -0.05) is 15.9 Å². The monoisotopic (exact) mass is 266 g/mol. The summed E-state index contributed by atoms with van der Waals surface area (Å²) in [4.78, 5) is 19.0. The van der Waals surface area contributed by atoms with Gasteiger partial charge in [-0.3, -0.25) is 0 Å². The number of hydrogen-bond donors (Lipinski definition) is 1. The van der Waals surface area contributed by atoms with E-state index in [4.69, 9.17) is 5.11 Å². The summed E-state index contributed by atoms with van der Waals surface area (Å²) in [5, 5.41) is 9.54. The van der Waals surface area contributed by atoms with Gasteiger partial charge in [0.2, 0.25) is 0 Å². The second kappa shape index (κ2) is 3.58. The minimum Gasteiger partial charge on any atom is -0.476 e. The molecule has 0 bridgehead atoms. The van der Waals surface area contributed by atoms with Gasteiger partial charge >= 0.3 is 5.97 Å². The van der Waals surface area contributed by atoms with Gasteiger partial charge in [-0.2, -0.15) is 0 Å². The zero-order valence-electron chi connectivity index (χ0n) is 7.86. The van der Waals surface area contributed by atoms with Gasteiger partial charge in [0.25, 0.3) is 0 Å². The minimum atomic E-state index is -1.04. The molecule has 1 N–H and O–H groups in total. The van der Waals surface area contributed by atoms with Crippen LogP contribution in [0, 0.1) is 6.92 Å². The molecule has 0 atom stereocenters. The number of halogens is 1. The molecule has 0 unspecified atom stereocenters. The Labute approximate surface area is 94.1 Å². The first-order valence-corrected chi connectivity index (χ1v) is 5.04. The summed E-state index contributed by atoms with van der Waals surface area (Å²) >= 11 is 3.29. The van der Waals surface area contributed by atoms with Crippen LogP contribution in [-0.4, -0.2) is 21.0 Å². The lowest BCUT2D eigenvalue weighted by molar-refractivity contribution is 0.0692. The first kappa shape index (κ1) is 10.0. The molecule has 0 saturated carbocycles. The van der Waals surface area contributed by atoms with Crippen LogP contribution in [-0.2, 0) is 0 Å². The van der Waals surface area contributed by atoms with E-state index in [-0.39, 0.29) is 5.69 Å². The maximum Gasteiger partial charge on any atom is 0.355 e. The third kappa shape index (κ3) is 1.83. The molecule has 0 aliphatic heterocycles. The SMILES string of the molecule is Cc1nc(C(=O)O)c2cc(Br)ccc2n1. The van der Waals surface area contributed by atoms with Gasteiger partial charge in [-0.25, -0.2) is 14.8 Å². The Morgan fingerprint density at radius 3 is 2.80 bits per heavy atom. The second-order valence-corrected chi connectivity index (χ2v) is 4.00. The van der Waals surface area contributed by atoms with Crippen LogP contribution in [0.25, 0.3) is 10.9 Å². The minimum absolute atomic E-state index is 0.0406. The van der Waals surface area contributed by atoms with Crippen molar-refractivity contribution in [2.75, 3.05) is 0 Å². The molecule has 1 aromatic carbocycles. The van der Waals surface area contributed by atoms with Crippen LogP contribution in [0.1, 0.15) is 16.3 Å². The van der Waals surface area contributed by atoms with Gasteiger partial charge in [0, 0.05) is 9.86 Å². The lowest BCUT2D eigenvalue weighted by Crippen LogP contribution is -2.04. The average Bonchev–Trinajstić information content (AvgIpc) is 2.17. The Kier molecular flexibility index (Phi) is 2.40. The molecule has 0 fully saturated rings. The van der Waals surface area contributed by atoms with Crippen LogP contribution >= 0.6 is 15.9 Å². The molecule has 2 rings (SSSR count). The number of nitrogens with zero attached hydrogens (tertiary/aromatic N) is 2. The van der Waals surface area contributed by atoms with Gasteiger partial charge in [-0.15, -0.1) is 0 Å². The smallest absolute Gasteiger partial charge is 0.355 e. The molecular formula is C10H7BrN2O2. The molecule has 4 nitrogen and oxygen atoms in total. The van der Waals surface area contributed by atoms with E-state index in [2.05, 4.69) is 25.9 Å². The number of aryl methyl sites for hydroxylation is 1. The second-order valence-electron chi connectivity index (χ2n) is 3.09. The number of rotatable bonds is 1. The molecule has 0 spiro atoms. The van der Waals surface area contributed by atoms with Crippen LogP contribution < -0.4 is 0 Å². The first-order chi connectivity index (χ1) is 7.08. The van der Waals surface area contributed by atoms with Crippen molar-refractivity contribution in [3.63, 3.8) is 0 Å². The Balaban J connectivity index is 2.87. The van der Waals surface area contributed by atoms with Crippen molar-refractivity contribution in [3.8, 4) is 0 Å². The standard InChI is InChI=1S/C10H7BrN2O2/c1-5-12-8-3-2-6(11)4-7(8)9(13-5)10(14)15/h2-4H,1H3,(H,14,15). The fourth-order valence-corrected chi connectivity index (χ4v) is 1.74. The summed E-state index contributed by atoms with van der Waals surface area (Å²) in [5.41, 5.74) is 0.682. The van der Waals surface area contributed by atoms with Crippen molar-refractivity contribution in [2.24, 2.45) is 0 Å². The third-order valence-corrected chi connectivity index (χ3v) is 2.47. The number of fused-ring (bicyclic) bond motifs is 1. The van der Waals surface area contributed by atoms with Gasteiger partial charge in [0.1, 0.15) is 5.82 Å². The molecule has 5 heteroatoms. The number of carboxylic acids is 1. The zero-order chi connectivity index (χ0) is 11.0. The van der Waals surface area contributed by atoms with E-state index in [9.17, 15) is 4.79 Å². The van der Waals surface area contributed by atoms with Crippen molar-refractivity contribution in [2.45, 2.75) is 6.92 Å². The molecular weight excluding hydrogens is 260 g/mol. The molecule has 0 aliphatic carbocycles. The average molecular weight is 267 g/mol. The van der Waals surface area contributed by atoms with Gasteiger partial charge in [0.05, 0.1) is 5.52 Å². The highest BCUT2D eigenvalue weighted by Gasteiger charge is 2.12. The van der Waals surface area contributed by atoms with E-state index >= 15 is 0 Å². The predicted molar refractivity (Wildman–Crippen MR) is 58.9 cm³/mol. The highest BCUT2D eigenvalue weighted by Crippen LogP contribution is 2.20. The van der Waals surface area contributed by atoms with E-state index in [1.807, 2.05) is 6.07 Å². The summed E-state index contributed by atoms with van der Waals surface area (Å²) < 4.78 is 0.810. The fraction of sp³-hybridized carbons (Fsp3) is 0.100. The first-order valence-electron chi connectivity index (χ1n) is 4.25. The normalized spacial score (nSPS) is 10.5. The highest BCUT2D eigenvalue weighted by atomic mass is 79.9. The summed E-state index contributed by atoms with van der Waals surface area (Å²) in [5.74, 6) is -0.578. The van der Waals surface area contributed by atoms with E-state index in [0.29, 0.717) is 16.7 Å². The van der Waals surface area contributed by atoms with Crippen LogP contribution in [0.2, 0.25) is 0 Å². The molecule has 0 aliphatic rings. The molecule has 76 valence electrons. The Morgan fingerprint density at radius 1 is 1.40 bits per heavy atom. The Hall–Kier alpha value is -1.49. The van der Waals surface area contributed by atoms with Crippen molar-refractivity contribution >= 4 is 32.8 Å².